The second-order valence-electron chi connectivity index (χ2n) is 4.06. The van der Waals surface area contributed by atoms with E-state index in [4.69, 9.17) is 5.73 Å². The molecule has 0 aliphatic carbocycles. The number of aromatic nitrogens is 1. The van der Waals surface area contributed by atoms with Crippen molar-refractivity contribution < 1.29 is 8.42 Å². The zero-order chi connectivity index (χ0) is 14.8. The molecule has 0 fully saturated rings. The number of pyridine rings is 1. The molecular weight excluding hydrogens is 278 g/mol. The number of rotatable bonds is 8. The second-order valence-corrected chi connectivity index (χ2v) is 6.16. The van der Waals surface area contributed by atoms with Gasteiger partial charge in [-0.3, -0.25) is 9.98 Å². The molecule has 1 aromatic rings. The lowest BCUT2D eigenvalue weighted by Gasteiger charge is -2.06. The van der Waals surface area contributed by atoms with E-state index < -0.39 is 10.0 Å². The first-order valence-corrected chi connectivity index (χ1v) is 8.10. The summed E-state index contributed by atoms with van der Waals surface area (Å²) in [6.07, 6.45) is 2.49. The Labute approximate surface area is 119 Å². The van der Waals surface area contributed by atoms with Crippen LogP contribution in [0.5, 0.6) is 0 Å². The minimum atomic E-state index is -3.16. The zero-order valence-corrected chi connectivity index (χ0v) is 12.4. The van der Waals surface area contributed by atoms with Gasteiger partial charge >= 0.3 is 0 Å². The number of sulfonamides is 1. The number of hydrogen-bond donors (Lipinski definition) is 3. The third-order valence-corrected chi connectivity index (χ3v) is 3.91. The van der Waals surface area contributed by atoms with Gasteiger partial charge in [-0.2, -0.15) is 0 Å². The van der Waals surface area contributed by atoms with E-state index in [1.807, 2.05) is 18.2 Å². The van der Waals surface area contributed by atoms with Crippen molar-refractivity contribution in [1.29, 1.82) is 0 Å². The predicted molar refractivity (Wildman–Crippen MR) is 79.9 cm³/mol. The molecule has 4 N–H and O–H groups in total. The Morgan fingerprint density at radius 1 is 1.40 bits per heavy atom. The molecule has 7 nitrogen and oxygen atoms in total. The van der Waals surface area contributed by atoms with Crippen molar-refractivity contribution in [3.05, 3.63) is 30.1 Å². The molecule has 1 aromatic heterocycles. The van der Waals surface area contributed by atoms with E-state index in [9.17, 15) is 8.42 Å². The van der Waals surface area contributed by atoms with Gasteiger partial charge in [0, 0.05) is 31.4 Å². The molecule has 112 valence electrons. The standard InChI is InChI=1S/C12H21N5O2S/c1-2-20(18,19)17-10-9-16-12(13)15-8-6-11-5-3-4-7-14-11/h3-5,7,17H,2,6,8-10H2,1H3,(H3,13,15,16). The maximum absolute atomic E-state index is 11.2. The maximum atomic E-state index is 11.2. The highest BCUT2D eigenvalue weighted by molar-refractivity contribution is 7.89. The summed E-state index contributed by atoms with van der Waals surface area (Å²) in [5.74, 6) is 0.366. The van der Waals surface area contributed by atoms with Gasteiger partial charge in [0.25, 0.3) is 0 Å². The van der Waals surface area contributed by atoms with Crippen LogP contribution in [0.2, 0.25) is 0 Å². The second kappa shape index (κ2) is 8.49. The van der Waals surface area contributed by atoms with Gasteiger partial charge in [-0.05, 0) is 19.1 Å². The number of nitrogens with two attached hydrogens (primary N) is 1. The molecular formula is C12H21N5O2S. The van der Waals surface area contributed by atoms with Gasteiger partial charge in [-0.1, -0.05) is 6.07 Å². The smallest absolute Gasteiger partial charge is 0.211 e. The van der Waals surface area contributed by atoms with Crippen LogP contribution in [-0.4, -0.2) is 44.7 Å². The molecule has 0 aliphatic heterocycles. The van der Waals surface area contributed by atoms with Crippen molar-refractivity contribution in [3.63, 3.8) is 0 Å². The van der Waals surface area contributed by atoms with Gasteiger partial charge in [0.2, 0.25) is 10.0 Å². The monoisotopic (exact) mass is 299 g/mol. The van der Waals surface area contributed by atoms with E-state index in [1.54, 1.807) is 13.1 Å². The Balaban J connectivity index is 2.19. The highest BCUT2D eigenvalue weighted by atomic mass is 32.2. The van der Waals surface area contributed by atoms with E-state index in [2.05, 4.69) is 20.0 Å². The minimum absolute atomic E-state index is 0.0640. The van der Waals surface area contributed by atoms with E-state index in [1.165, 1.54) is 0 Å². The number of guanidine groups is 1. The first-order chi connectivity index (χ1) is 9.53. The summed E-state index contributed by atoms with van der Waals surface area (Å²) in [6.45, 7) is 2.77. The predicted octanol–water partition coefficient (Wildman–Crippen LogP) is -0.532. The molecule has 0 aliphatic rings. The first-order valence-electron chi connectivity index (χ1n) is 6.44. The van der Waals surface area contributed by atoms with Crippen LogP contribution in [0.3, 0.4) is 0 Å². The SMILES string of the molecule is CCS(=O)(=O)NCCN=C(N)NCCc1ccccn1. The van der Waals surface area contributed by atoms with Crippen LogP contribution >= 0.6 is 0 Å². The Kier molecular flexibility index (Phi) is 6.96. The van der Waals surface area contributed by atoms with E-state index in [0.29, 0.717) is 19.0 Å². The van der Waals surface area contributed by atoms with E-state index >= 15 is 0 Å². The molecule has 0 spiro atoms. The summed E-state index contributed by atoms with van der Waals surface area (Å²) < 4.78 is 24.7. The van der Waals surface area contributed by atoms with Gasteiger partial charge in [0.05, 0.1) is 12.3 Å². The van der Waals surface area contributed by atoms with Crippen molar-refractivity contribution in [2.45, 2.75) is 13.3 Å². The Bertz CT molecular complexity index is 516. The van der Waals surface area contributed by atoms with Crippen LogP contribution in [0, 0.1) is 0 Å². The van der Waals surface area contributed by atoms with Crippen molar-refractivity contribution >= 4 is 16.0 Å². The minimum Gasteiger partial charge on any atom is -0.370 e. The third kappa shape index (κ3) is 7.05. The Hall–Kier alpha value is -1.67. The fourth-order valence-electron chi connectivity index (χ4n) is 1.40. The molecule has 1 heterocycles. The summed E-state index contributed by atoms with van der Waals surface area (Å²) in [7, 11) is -3.16. The van der Waals surface area contributed by atoms with Gasteiger partial charge in [-0.25, -0.2) is 13.1 Å². The lowest BCUT2D eigenvalue weighted by Crippen LogP contribution is -2.34. The topological polar surface area (TPSA) is 109 Å². The highest BCUT2D eigenvalue weighted by Crippen LogP contribution is 1.92. The summed E-state index contributed by atoms with van der Waals surface area (Å²) in [6, 6.07) is 5.73. The fraction of sp³-hybridized carbons (Fsp3) is 0.500. The van der Waals surface area contributed by atoms with Gasteiger partial charge in [0.15, 0.2) is 5.96 Å². The number of hydrogen-bond acceptors (Lipinski definition) is 4. The number of nitrogens with zero attached hydrogens (tertiary/aromatic N) is 2. The molecule has 0 radical (unpaired) electrons. The first kappa shape index (κ1) is 16.4. The Morgan fingerprint density at radius 2 is 2.20 bits per heavy atom. The van der Waals surface area contributed by atoms with Crippen LogP contribution in [0.1, 0.15) is 12.6 Å². The average molecular weight is 299 g/mol. The molecule has 0 atom stereocenters. The number of aliphatic imine (C=N–C) groups is 1. The van der Waals surface area contributed by atoms with Gasteiger partial charge in [0.1, 0.15) is 0 Å². The third-order valence-electron chi connectivity index (χ3n) is 2.51. The average Bonchev–Trinajstić information content (AvgIpc) is 2.45. The Morgan fingerprint density at radius 3 is 2.85 bits per heavy atom. The van der Waals surface area contributed by atoms with E-state index in [-0.39, 0.29) is 12.3 Å². The quantitative estimate of drug-likeness (QED) is 0.339. The molecule has 0 bridgehead atoms. The van der Waals surface area contributed by atoms with Crippen LogP contribution in [-0.2, 0) is 16.4 Å². The molecule has 1 rings (SSSR count). The normalized spacial score (nSPS) is 12.3. The molecule has 0 aromatic carbocycles. The van der Waals surface area contributed by atoms with Crippen LogP contribution in [0.25, 0.3) is 0 Å². The highest BCUT2D eigenvalue weighted by Gasteiger charge is 2.03. The maximum Gasteiger partial charge on any atom is 0.211 e. The number of nitrogens with one attached hydrogen (secondary N) is 2. The summed E-state index contributed by atoms with van der Waals surface area (Å²) in [5.41, 5.74) is 6.64. The van der Waals surface area contributed by atoms with Crippen LogP contribution in [0.15, 0.2) is 29.4 Å². The molecule has 0 saturated carbocycles. The largest absolute Gasteiger partial charge is 0.370 e. The summed E-state index contributed by atoms with van der Waals surface area (Å²) >= 11 is 0. The van der Waals surface area contributed by atoms with Crippen molar-refractivity contribution in [2.75, 3.05) is 25.4 Å². The molecule has 0 amide bonds. The van der Waals surface area contributed by atoms with E-state index in [0.717, 1.165) is 12.1 Å². The summed E-state index contributed by atoms with van der Waals surface area (Å²) in [4.78, 5) is 8.22. The van der Waals surface area contributed by atoms with Gasteiger partial charge < -0.3 is 11.1 Å². The van der Waals surface area contributed by atoms with Crippen LogP contribution in [0.4, 0.5) is 0 Å². The molecule has 0 unspecified atom stereocenters. The lowest BCUT2D eigenvalue weighted by atomic mass is 10.3. The zero-order valence-electron chi connectivity index (χ0n) is 11.5. The molecule has 20 heavy (non-hydrogen) atoms. The van der Waals surface area contributed by atoms with Gasteiger partial charge in [-0.15, -0.1) is 0 Å². The van der Waals surface area contributed by atoms with Crippen LogP contribution < -0.4 is 15.8 Å². The van der Waals surface area contributed by atoms with Crippen molar-refractivity contribution in [1.82, 2.24) is 15.0 Å². The molecule has 0 saturated heterocycles. The fourth-order valence-corrected chi connectivity index (χ4v) is 2.01. The van der Waals surface area contributed by atoms with Crippen molar-refractivity contribution in [3.8, 4) is 0 Å². The lowest BCUT2D eigenvalue weighted by molar-refractivity contribution is 0.583. The van der Waals surface area contributed by atoms with Crippen molar-refractivity contribution in [2.24, 2.45) is 10.7 Å². The molecule has 8 heteroatoms. The summed E-state index contributed by atoms with van der Waals surface area (Å²) in [5, 5.41) is 2.95.